The summed E-state index contributed by atoms with van der Waals surface area (Å²) in [6.45, 7) is 0.111. The van der Waals surface area contributed by atoms with E-state index in [1.165, 1.54) is 23.1 Å². The highest BCUT2D eigenvalue weighted by Crippen LogP contribution is 2.22. The molecule has 1 heterocycles. The molecule has 0 radical (unpaired) electrons. The van der Waals surface area contributed by atoms with Gasteiger partial charge in [0.05, 0.1) is 13.1 Å². The van der Waals surface area contributed by atoms with Crippen LogP contribution in [0.25, 0.3) is 11.0 Å². The zero-order valence-corrected chi connectivity index (χ0v) is 11.1. The van der Waals surface area contributed by atoms with Gasteiger partial charge in [-0.1, -0.05) is 5.92 Å². The maximum absolute atomic E-state index is 11.6. The maximum Gasteiger partial charge on any atom is 0.336 e. The smallest absolute Gasteiger partial charge is 0.336 e. The first-order valence-corrected chi connectivity index (χ1v) is 6.13. The Labute approximate surface area is 120 Å². The molecule has 1 aromatic carbocycles. The molecule has 6 heteroatoms. The average Bonchev–Trinajstić information content (AvgIpc) is 2.37. The number of hydrogen-bond acceptors (Lipinski definition) is 5. The van der Waals surface area contributed by atoms with Crippen molar-refractivity contribution in [1.29, 1.82) is 0 Å². The molecule has 0 bridgehead atoms. The third kappa shape index (κ3) is 3.61. The van der Waals surface area contributed by atoms with E-state index in [0.717, 1.165) is 0 Å². The number of carbonyl (C=O) groups is 1. The molecule has 0 aliphatic carbocycles. The second-order valence-corrected chi connectivity index (χ2v) is 4.51. The number of rotatable bonds is 5. The number of phenols is 1. The van der Waals surface area contributed by atoms with Crippen LogP contribution in [0.4, 0.5) is 0 Å². The van der Waals surface area contributed by atoms with E-state index in [0.29, 0.717) is 10.9 Å². The fourth-order valence-electron chi connectivity index (χ4n) is 2.08. The van der Waals surface area contributed by atoms with E-state index in [-0.39, 0.29) is 31.0 Å². The summed E-state index contributed by atoms with van der Waals surface area (Å²) in [6.07, 6.45) is 5.22. The van der Waals surface area contributed by atoms with Crippen LogP contribution in [0.5, 0.6) is 5.75 Å². The SMILES string of the molecule is C#CCN(CC(=O)O)Cc1cc(=O)oc2cc(O)ccc12. The monoisotopic (exact) mass is 287 g/mol. The van der Waals surface area contributed by atoms with Crippen LogP contribution in [0.15, 0.2) is 33.5 Å². The van der Waals surface area contributed by atoms with Crippen LogP contribution in [0, 0.1) is 12.3 Å². The fraction of sp³-hybridized carbons (Fsp3) is 0.200. The summed E-state index contributed by atoms with van der Waals surface area (Å²) in [5, 5.41) is 18.9. The van der Waals surface area contributed by atoms with Gasteiger partial charge in [-0.15, -0.1) is 6.42 Å². The maximum atomic E-state index is 11.6. The van der Waals surface area contributed by atoms with Crippen molar-refractivity contribution in [3.8, 4) is 18.1 Å². The van der Waals surface area contributed by atoms with E-state index in [2.05, 4.69) is 5.92 Å². The van der Waals surface area contributed by atoms with Crippen LogP contribution in [-0.4, -0.2) is 34.2 Å². The largest absolute Gasteiger partial charge is 0.508 e. The van der Waals surface area contributed by atoms with Gasteiger partial charge < -0.3 is 14.6 Å². The highest BCUT2D eigenvalue weighted by molar-refractivity contribution is 5.81. The van der Waals surface area contributed by atoms with Gasteiger partial charge >= 0.3 is 11.6 Å². The van der Waals surface area contributed by atoms with Crippen LogP contribution in [0.2, 0.25) is 0 Å². The molecular weight excluding hydrogens is 274 g/mol. The lowest BCUT2D eigenvalue weighted by atomic mass is 10.1. The van der Waals surface area contributed by atoms with E-state index in [1.807, 2.05) is 0 Å². The Bertz CT molecular complexity index is 772. The Balaban J connectivity index is 2.43. The molecule has 0 fully saturated rings. The molecule has 21 heavy (non-hydrogen) atoms. The molecule has 0 aliphatic rings. The van der Waals surface area contributed by atoms with Crippen molar-refractivity contribution in [3.63, 3.8) is 0 Å². The van der Waals surface area contributed by atoms with E-state index < -0.39 is 11.6 Å². The first-order valence-electron chi connectivity index (χ1n) is 6.13. The lowest BCUT2D eigenvalue weighted by Gasteiger charge is -2.18. The molecule has 6 nitrogen and oxygen atoms in total. The summed E-state index contributed by atoms with van der Waals surface area (Å²) in [5.41, 5.74) is 0.269. The molecule has 2 N–H and O–H groups in total. The molecule has 1 aromatic heterocycles. The van der Waals surface area contributed by atoms with Crippen LogP contribution < -0.4 is 5.63 Å². The van der Waals surface area contributed by atoms with Crippen molar-refractivity contribution in [1.82, 2.24) is 4.90 Å². The Morgan fingerprint density at radius 1 is 1.38 bits per heavy atom. The Morgan fingerprint density at radius 3 is 2.81 bits per heavy atom. The summed E-state index contributed by atoms with van der Waals surface area (Å²) in [5.74, 6) is 1.36. The molecule has 0 saturated heterocycles. The standard InChI is InChI=1S/C15H13NO5/c1-2-5-16(9-14(18)19)8-10-6-15(20)21-13-7-11(17)3-4-12(10)13/h1,3-4,6-7,17H,5,8-9H2,(H,18,19). The predicted octanol–water partition coefficient (Wildman–Crippen LogP) is 1.02. The fourth-order valence-corrected chi connectivity index (χ4v) is 2.08. The van der Waals surface area contributed by atoms with Crippen molar-refractivity contribution >= 4 is 16.9 Å². The van der Waals surface area contributed by atoms with Gasteiger partial charge in [-0.05, 0) is 17.7 Å². The van der Waals surface area contributed by atoms with Crippen LogP contribution in [0.3, 0.4) is 0 Å². The normalized spacial score (nSPS) is 10.7. The molecule has 0 spiro atoms. The zero-order chi connectivity index (χ0) is 15.4. The second kappa shape index (κ2) is 6.11. The topological polar surface area (TPSA) is 91.0 Å². The lowest BCUT2D eigenvalue weighted by Crippen LogP contribution is -2.30. The Morgan fingerprint density at radius 2 is 2.14 bits per heavy atom. The number of carboxylic acid groups (broad SMARTS) is 1. The molecule has 0 aliphatic heterocycles. The first kappa shape index (κ1) is 14.6. The second-order valence-electron chi connectivity index (χ2n) is 4.51. The minimum Gasteiger partial charge on any atom is -0.508 e. The van der Waals surface area contributed by atoms with Crippen LogP contribution in [-0.2, 0) is 11.3 Å². The third-order valence-electron chi connectivity index (χ3n) is 2.88. The summed E-state index contributed by atoms with van der Waals surface area (Å²) >= 11 is 0. The summed E-state index contributed by atoms with van der Waals surface area (Å²) in [7, 11) is 0. The van der Waals surface area contributed by atoms with Crippen molar-refractivity contribution < 1.29 is 19.4 Å². The van der Waals surface area contributed by atoms with E-state index in [4.69, 9.17) is 15.9 Å². The number of hydrogen-bond donors (Lipinski definition) is 2. The number of benzene rings is 1. The van der Waals surface area contributed by atoms with Gasteiger partial charge in [0, 0.05) is 24.1 Å². The van der Waals surface area contributed by atoms with Crippen LogP contribution in [0.1, 0.15) is 5.56 Å². The summed E-state index contributed by atoms with van der Waals surface area (Å²) in [4.78, 5) is 23.9. The molecular formula is C15H13NO5. The van der Waals surface area contributed by atoms with Crippen molar-refractivity contribution in [3.05, 3.63) is 40.2 Å². The molecule has 0 unspecified atom stereocenters. The first-order chi connectivity index (χ1) is 9.99. The van der Waals surface area contributed by atoms with Gasteiger partial charge in [0.25, 0.3) is 0 Å². The zero-order valence-electron chi connectivity index (χ0n) is 11.1. The molecule has 2 aromatic rings. The van der Waals surface area contributed by atoms with Crippen molar-refractivity contribution in [2.24, 2.45) is 0 Å². The van der Waals surface area contributed by atoms with Gasteiger partial charge in [0.2, 0.25) is 0 Å². The van der Waals surface area contributed by atoms with Crippen molar-refractivity contribution in [2.75, 3.05) is 13.1 Å². The van der Waals surface area contributed by atoms with E-state index in [9.17, 15) is 14.7 Å². The number of fused-ring (bicyclic) bond motifs is 1. The predicted molar refractivity (Wildman–Crippen MR) is 75.9 cm³/mol. The minimum atomic E-state index is -1.00. The molecule has 108 valence electrons. The van der Waals surface area contributed by atoms with Gasteiger partial charge in [0.1, 0.15) is 11.3 Å². The lowest BCUT2D eigenvalue weighted by molar-refractivity contribution is -0.138. The quantitative estimate of drug-likeness (QED) is 0.630. The van der Waals surface area contributed by atoms with Crippen LogP contribution >= 0.6 is 0 Å². The number of terminal acetylenes is 1. The minimum absolute atomic E-state index is 0.0196. The highest BCUT2D eigenvalue weighted by atomic mass is 16.4. The average molecular weight is 287 g/mol. The van der Waals surface area contributed by atoms with E-state index >= 15 is 0 Å². The van der Waals surface area contributed by atoms with E-state index in [1.54, 1.807) is 6.07 Å². The van der Waals surface area contributed by atoms with Gasteiger partial charge in [-0.2, -0.15) is 0 Å². The Kier molecular flexibility index (Phi) is 4.26. The van der Waals surface area contributed by atoms with Gasteiger partial charge in [-0.25, -0.2) is 4.79 Å². The number of carboxylic acids is 1. The molecule has 0 saturated carbocycles. The number of aromatic hydroxyl groups is 1. The van der Waals surface area contributed by atoms with Crippen molar-refractivity contribution in [2.45, 2.75) is 6.54 Å². The van der Waals surface area contributed by atoms with Gasteiger partial charge in [-0.3, -0.25) is 9.69 Å². The molecule has 2 rings (SSSR count). The number of aliphatic carboxylic acids is 1. The summed E-state index contributed by atoms with van der Waals surface area (Å²) in [6, 6.07) is 5.71. The summed E-state index contributed by atoms with van der Waals surface area (Å²) < 4.78 is 5.02. The third-order valence-corrected chi connectivity index (χ3v) is 2.88. The Hall–Kier alpha value is -2.78. The number of nitrogens with zero attached hydrogens (tertiary/aromatic N) is 1. The number of phenolic OH excluding ortho intramolecular Hbond substituents is 1. The van der Waals surface area contributed by atoms with Gasteiger partial charge in [0.15, 0.2) is 0 Å². The molecule has 0 atom stereocenters. The highest BCUT2D eigenvalue weighted by Gasteiger charge is 2.13. The molecule has 0 amide bonds.